The van der Waals surface area contributed by atoms with Crippen molar-refractivity contribution >= 4 is 16.9 Å². The van der Waals surface area contributed by atoms with Gasteiger partial charge in [-0.05, 0) is 24.3 Å². The van der Waals surface area contributed by atoms with Crippen LogP contribution in [0, 0.1) is 0 Å². The first-order valence-corrected chi connectivity index (χ1v) is 13.8. The van der Waals surface area contributed by atoms with Crippen molar-refractivity contribution < 1.29 is 73.7 Å². The molecule has 45 heavy (non-hydrogen) atoms. The van der Waals surface area contributed by atoms with Crippen LogP contribution in [0.15, 0.2) is 51.7 Å². The second-order valence-corrected chi connectivity index (χ2v) is 10.6. The predicted molar refractivity (Wildman–Crippen MR) is 148 cm³/mol. The molecule has 10 atom stereocenters. The lowest BCUT2D eigenvalue weighted by Gasteiger charge is -2.39. The van der Waals surface area contributed by atoms with Crippen molar-refractivity contribution in [3.63, 3.8) is 0 Å². The number of phenols is 1. The summed E-state index contributed by atoms with van der Waals surface area (Å²) in [5, 5.41) is 80.7. The Hall–Kier alpha value is -3.84. The van der Waals surface area contributed by atoms with Crippen molar-refractivity contribution in [2.75, 3.05) is 13.2 Å². The number of esters is 1. The van der Waals surface area contributed by atoms with Gasteiger partial charge in [0.25, 0.3) is 0 Å². The summed E-state index contributed by atoms with van der Waals surface area (Å²) >= 11 is 0. The fourth-order valence-corrected chi connectivity index (χ4v) is 4.94. The van der Waals surface area contributed by atoms with Crippen molar-refractivity contribution in [1.29, 1.82) is 0 Å². The normalized spacial score (nSPS) is 31.8. The minimum Gasteiger partial charge on any atom is -0.507 e. The third-order valence-corrected chi connectivity index (χ3v) is 7.39. The zero-order valence-corrected chi connectivity index (χ0v) is 23.6. The number of hydrogen-bond acceptors (Lipinski definition) is 16. The van der Waals surface area contributed by atoms with Crippen LogP contribution >= 0.6 is 0 Å². The van der Waals surface area contributed by atoms with E-state index in [1.165, 1.54) is 30.3 Å². The Balaban J connectivity index is 1.36. The summed E-state index contributed by atoms with van der Waals surface area (Å²) in [6, 6.07) is 9.36. The number of phenolic OH excluding ortho intramolecular Hbond substituents is 1. The maximum atomic E-state index is 12.9. The number of rotatable bonds is 8. The fraction of sp³-hybridized carbons (Fsp3) is 0.448. The largest absolute Gasteiger partial charge is 0.507 e. The highest BCUT2D eigenvalue weighted by atomic mass is 16.7. The van der Waals surface area contributed by atoms with Gasteiger partial charge in [-0.3, -0.25) is 9.59 Å². The van der Waals surface area contributed by atoms with E-state index in [1.54, 1.807) is 0 Å². The van der Waals surface area contributed by atoms with Crippen LogP contribution in [0.4, 0.5) is 0 Å². The SMILES string of the molecule is CC(=O)OCC1O[C@@H](Oc2cc(O)c3c(=O)cc(-c4ccc(O[C@@H]5OC(CO)[C@@H](O)C(O)C5O)cc4)oc3c2)C(O)[C@@H](O)[C@@H]1O. The van der Waals surface area contributed by atoms with E-state index in [9.17, 15) is 50.4 Å². The summed E-state index contributed by atoms with van der Waals surface area (Å²) in [5.74, 6) is -1.08. The molecule has 3 heterocycles. The molecule has 2 fully saturated rings. The molecule has 2 aromatic carbocycles. The Kier molecular flexibility index (Phi) is 9.59. The zero-order valence-electron chi connectivity index (χ0n) is 23.6. The van der Waals surface area contributed by atoms with E-state index in [4.69, 9.17) is 28.1 Å². The molecular formula is C29H32O16. The highest BCUT2D eigenvalue weighted by Gasteiger charge is 2.46. The molecule has 16 heteroatoms. The molecule has 5 rings (SSSR count). The number of aromatic hydroxyl groups is 1. The summed E-state index contributed by atoms with van der Waals surface area (Å²) in [5.41, 5.74) is -0.334. The monoisotopic (exact) mass is 636 g/mol. The molecule has 0 bridgehead atoms. The van der Waals surface area contributed by atoms with Crippen LogP contribution in [0.25, 0.3) is 22.3 Å². The van der Waals surface area contributed by atoms with Gasteiger partial charge in [-0.2, -0.15) is 0 Å². The molecule has 1 aromatic heterocycles. The lowest BCUT2D eigenvalue weighted by atomic mass is 9.99. The lowest BCUT2D eigenvalue weighted by molar-refractivity contribution is -0.278. The second kappa shape index (κ2) is 13.3. The van der Waals surface area contributed by atoms with Crippen molar-refractivity contribution in [1.82, 2.24) is 0 Å². The second-order valence-electron chi connectivity index (χ2n) is 10.6. The van der Waals surface area contributed by atoms with E-state index in [2.05, 4.69) is 0 Å². The molecule has 5 unspecified atom stereocenters. The molecule has 0 spiro atoms. The minimum absolute atomic E-state index is 0.0670. The van der Waals surface area contributed by atoms with E-state index in [0.29, 0.717) is 5.56 Å². The molecule has 0 aliphatic carbocycles. The van der Waals surface area contributed by atoms with Gasteiger partial charge >= 0.3 is 5.97 Å². The van der Waals surface area contributed by atoms with Crippen LogP contribution in [0.3, 0.4) is 0 Å². The van der Waals surface area contributed by atoms with E-state index in [-0.39, 0.29) is 28.2 Å². The molecule has 0 radical (unpaired) electrons. The van der Waals surface area contributed by atoms with Crippen LogP contribution in [0.5, 0.6) is 17.2 Å². The van der Waals surface area contributed by atoms with Crippen LogP contribution in [-0.4, -0.2) is 121 Å². The Labute approximate surface area is 253 Å². The highest BCUT2D eigenvalue weighted by molar-refractivity contribution is 5.86. The summed E-state index contributed by atoms with van der Waals surface area (Å²) in [7, 11) is 0. The van der Waals surface area contributed by atoms with Gasteiger partial charge in [0.2, 0.25) is 12.6 Å². The van der Waals surface area contributed by atoms with E-state index < -0.39 is 91.8 Å². The van der Waals surface area contributed by atoms with Crippen molar-refractivity contribution in [2.24, 2.45) is 0 Å². The van der Waals surface area contributed by atoms with Crippen molar-refractivity contribution in [3.05, 3.63) is 52.7 Å². The maximum absolute atomic E-state index is 12.9. The lowest BCUT2D eigenvalue weighted by Crippen LogP contribution is -2.60. The number of ether oxygens (including phenoxy) is 5. The number of carbonyl (C=O) groups excluding carboxylic acids is 1. The first-order chi connectivity index (χ1) is 21.4. The third kappa shape index (κ3) is 6.74. The molecule has 8 N–H and O–H groups in total. The topological polar surface area (TPSA) is 255 Å². The molecular weight excluding hydrogens is 604 g/mol. The number of hydrogen-bond donors (Lipinski definition) is 8. The third-order valence-electron chi connectivity index (χ3n) is 7.39. The van der Waals surface area contributed by atoms with Crippen LogP contribution in [0.1, 0.15) is 6.92 Å². The summed E-state index contributed by atoms with van der Waals surface area (Å²) in [4.78, 5) is 24.1. The van der Waals surface area contributed by atoms with E-state index in [1.807, 2.05) is 0 Å². The molecule has 2 aliphatic rings. The quantitative estimate of drug-likeness (QED) is 0.126. The number of aliphatic hydroxyl groups is 7. The van der Waals surface area contributed by atoms with Crippen LogP contribution in [0.2, 0.25) is 0 Å². The van der Waals surface area contributed by atoms with Gasteiger partial charge in [-0.15, -0.1) is 0 Å². The molecule has 16 nitrogen and oxygen atoms in total. The van der Waals surface area contributed by atoms with Gasteiger partial charge in [0.1, 0.15) is 89.4 Å². The first kappa shape index (κ1) is 32.6. The fourth-order valence-electron chi connectivity index (χ4n) is 4.94. The zero-order chi connectivity index (χ0) is 32.6. The van der Waals surface area contributed by atoms with Gasteiger partial charge in [-0.1, -0.05) is 0 Å². The Bertz CT molecular complexity index is 1550. The number of benzene rings is 2. The molecule has 2 saturated heterocycles. The highest BCUT2D eigenvalue weighted by Crippen LogP contribution is 2.34. The molecule has 0 amide bonds. The van der Waals surface area contributed by atoms with Gasteiger partial charge in [0, 0.05) is 30.7 Å². The number of fused-ring (bicyclic) bond motifs is 1. The molecule has 0 saturated carbocycles. The van der Waals surface area contributed by atoms with Gasteiger partial charge in [0.15, 0.2) is 5.43 Å². The van der Waals surface area contributed by atoms with Crippen LogP contribution in [-0.2, 0) is 19.0 Å². The van der Waals surface area contributed by atoms with Gasteiger partial charge < -0.3 is 69.0 Å². The van der Waals surface area contributed by atoms with Crippen molar-refractivity contribution in [2.45, 2.75) is 68.3 Å². The smallest absolute Gasteiger partial charge is 0.302 e. The Morgan fingerprint density at radius 1 is 0.778 bits per heavy atom. The Morgan fingerprint density at radius 2 is 1.36 bits per heavy atom. The van der Waals surface area contributed by atoms with Gasteiger partial charge in [-0.25, -0.2) is 0 Å². The molecule has 244 valence electrons. The average molecular weight is 637 g/mol. The predicted octanol–water partition coefficient (Wildman–Crippen LogP) is -1.91. The number of aliphatic hydroxyl groups excluding tert-OH is 7. The summed E-state index contributed by atoms with van der Waals surface area (Å²) < 4.78 is 32.7. The van der Waals surface area contributed by atoms with Crippen molar-refractivity contribution in [3.8, 4) is 28.6 Å². The van der Waals surface area contributed by atoms with Crippen LogP contribution < -0.4 is 14.9 Å². The van der Waals surface area contributed by atoms with E-state index >= 15 is 0 Å². The average Bonchev–Trinajstić information content (AvgIpc) is 3.00. The first-order valence-electron chi connectivity index (χ1n) is 13.8. The Morgan fingerprint density at radius 3 is 1.96 bits per heavy atom. The summed E-state index contributed by atoms with van der Waals surface area (Å²) in [6.07, 6.45) is -15.2. The molecule has 3 aromatic rings. The number of carbonyl (C=O) groups is 1. The van der Waals surface area contributed by atoms with Gasteiger partial charge in [0.05, 0.1) is 6.61 Å². The molecule has 2 aliphatic heterocycles. The standard InChI is InChI=1S/C29H32O16/c1-11(31)40-10-20-23(35)25(37)27(39)29(45-20)42-14-6-15(32)21-16(33)8-17(43-18(21)7-14)12-2-4-13(5-3-12)41-28-26(38)24(36)22(34)19(9-30)44-28/h2-8,19-20,22-30,32,34-39H,9-10H2,1H3/t19?,20?,22-,23-,24?,25+,26?,27?,28-,29-/m1/s1. The van der Waals surface area contributed by atoms with E-state index in [0.717, 1.165) is 19.1 Å². The summed E-state index contributed by atoms with van der Waals surface area (Å²) in [6.45, 7) is 0.0809. The maximum Gasteiger partial charge on any atom is 0.302 e. The minimum atomic E-state index is -1.74.